The molecular formula is C86H99Br3FN15O7. The Morgan fingerprint density at radius 2 is 0.875 bits per heavy atom. The lowest BCUT2D eigenvalue weighted by molar-refractivity contribution is 0.0608. The van der Waals surface area contributed by atoms with Crippen molar-refractivity contribution < 1.29 is 23.5 Å². The van der Waals surface area contributed by atoms with Crippen molar-refractivity contribution in [1.29, 1.82) is 0 Å². The summed E-state index contributed by atoms with van der Waals surface area (Å²) in [6, 6.07) is 51.2. The van der Waals surface area contributed by atoms with Crippen LogP contribution < -0.4 is 49.6 Å². The first-order chi connectivity index (χ1) is 53.7. The normalized spacial score (nSPS) is 12.3. The maximum atomic E-state index is 14.0. The molecule has 6 heterocycles. The fourth-order valence-electron chi connectivity index (χ4n) is 14.0. The summed E-state index contributed by atoms with van der Waals surface area (Å²) in [7, 11) is 1.61. The third-order valence-electron chi connectivity index (χ3n) is 19.8. The SMILES string of the molecule is COc1ccc(C(=O)NC(c2cc3c(Br)c(C)nn3c(=O)n2Cc2ccccc2)C(C)C)c(CCCN)c1.Cc1cccc(C(=O)N(CCCN)C(c2cc3c(Br)c(C)nn3c(=O)n2Cc2ccccc2)C(C)C)c1.Cc1nn2c(=O)n(Cc3ccccc3)c(C(NC(=O)c3ccc(F)cc3CCCN)C(C)C)cc2c1Br. The minimum absolute atomic E-state index is 0.00337. The summed E-state index contributed by atoms with van der Waals surface area (Å²) in [6.07, 6.45) is 3.20. The van der Waals surface area contributed by atoms with Gasteiger partial charge < -0.3 is 37.5 Å². The Bertz CT molecular complexity index is 5500. The highest BCUT2D eigenvalue weighted by atomic mass is 79.9. The topological polar surface area (TPSA) is 284 Å². The van der Waals surface area contributed by atoms with Gasteiger partial charge in [-0.05, 0) is 240 Å². The van der Waals surface area contributed by atoms with E-state index in [1.54, 1.807) is 32.9 Å². The number of hydrogen-bond acceptors (Lipinski definition) is 13. The molecule has 0 aliphatic rings. The molecule has 0 aliphatic carbocycles. The fraction of sp³-hybridized carbons (Fsp3) is 0.337. The van der Waals surface area contributed by atoms with Gasteiger partial charge in [-0.15, -0.1) is 0 Å². The summed E-state index contributed by atoms with van der Waals surface area (Å²) in [5.41, 5.74) is 29.8. The molecule has 0 aliphatic heterocycles. The molecule has 0 saturated heterocycles. The van der Waals surface area contributed by atoms with E-state index in [9.17, 15) is 33.2 Å². The van der Waals surface area contributed by atoms with Crippen molar-refractivity contribution in [1.82, 2.24) is 58.1 Å². The third kappa shape index (κ3) is 19.5. The quantitative estimate of drug-likeness (QED) is 0.0305. The van der Waals surface area contributed by atoms with Crippen LogP contribution in [0.4, 0.5) is 4.39 Å². The van der Waals surface area contributed by atoms with Crippen LogP contribution in [0.1, 0.15) is 178 Å². The number of amides is 3. The number of benzene rings is 6. The van der Waals surface area contributed by atoms with Crippen LogP contribution in [0.15, 0.2) is 198 Å². The molecule has 8 N–H and O–H groups in total. The van der Waals surface area contributed by atoms with E-state index in [1.807, 2.05) is 200 Å². The van der Waals surface area contributed by atoms with Gasteiger partial charge in [-0.1, -0.05) is 150 Å². The van der Waals surface area contributed by atoms with Crippen LogP contribution in [0.25, 0.3) is 16.6 Å². The number of aryl methyl sites for hydroxylation is 6. The minimum Gasteiger partial charge on any atom is -0.497 e. The molecule has 588 valence electrons. The molecule has 22 nitrogen and oxygen atoms in total. The van der Waals surface area contributed by atoms with Crippen LogP contribution in [-0.2, 0) is 32.5 Å². The van der Waals surface area contributed by atoms with Crippen molar-refractivity contribution in [2.45, 2.75) is 139 Å². The summed E-state index contributed by atoms with van der Waals surface area (Å²) < 4.78 is 31.0. The predicted octanol–water partition coefficient (Wildman–Crippen LogP) is 14.5. The van der Waals surface area contributed by atoms with E-state index >= 15 is 0 Å². The molecule has 0 radical (unpaired) electrons. The Hall–Kier alpha value is -9.96. The number of rotatable bonds is 28. The van der Waals surface area contributed by atoms with E-state index in [2.05, 4.69) is 87.6 Å². The number of carbonyl (C=O) groups excluding carboxylic acids is 3. The molecule has 0 spiro atoms. The Morgan fingerprint density at radius 3 is 1.26 bits per heavy atom. The van der Waals surface area contributed by atoms with Crippen LogP contribution in [0, 0.1) is 51.3 Å². The van der Waals surface area contributed by atoms with Gasteiger partial charge in [0.2, 0.25) is 0 Å². The van der Waals surface area contributed by atoms with Crippen LogP contribution in [0.5, 0.6) is 5.75 Å². The van der Waals surface area contributed by atoms with E-state index in [0.29, 0.717) is 133 Å². The summed E-state index contributed by atoms with van der Waals surface area (Å²) in [4.78, 5) is 84.4. The first kappa shape index (κ1) is 84.5. The Morgan fingerprint density at radius 1 is 0.482 bits per heavy atom. The van der Waals surface area contributed by atoms with E-state index in [0.717, 1.165) is 64.7 Å². The Balaban J connectivity index is 0.000000178. The molecule has 6 aromatic carbocycles. The molecule has 3 amide bonds. The average Bonchev–Trinajstić information content (AvgIpc) is 1.54. The standard InChI is InChI=1S/C29H34BrN5O3.C29H34BrN5O2.C28H31BrFN5O2/c1-18(2)27(32-28(36)23-13-12-22(38-4)15-21(23)11-8-14-31)25-16-24-26(30)19(3)33-35(24)29(37)34(25)17-20-9-6-5-7-10-20;1-19(2)27(33(15-9-14-31)28(36)23-13-8-10-20(3)16-23)25-17-24-26(30)21(4)32-35(24)29(37)34(25)18-22-11-6-5-7-12-22;1-17(2)26(32-27(36)22-12-11-21(30)14-20(22)10-7-13-31)24-15-23-25(29)18(3)33-35(23)28(37)34(24)16-19-8-5-4-6-9-19/h5-7,9-10,12-13,15-16,18,27H,8,11,14,17,31H2,1-4H3,(H,32,36);5-8,10-13,16-17,19,27H,9,14-15,18,31H2,1-4H3;4-6,8-9,11-12,14-15,17,26H,7,10,13,16,31H2,1-3H3,(H,32,36). The number of carbonyl (C=O) groups is 3. The molecule has 3 unspecified atom stereocenters. The summed E-state index contributed by atoms with van der Waals surface area (Å²) in [6.45, 7) is 22.7. The predicted molar refractivity (Wildman–Crippen MR) is 450 cm³/mol. The summed E-state index contributed by atoms with van der Waals surface area (Å²) in [5, 5.41) is 19.7. The van der Waals surface area contributed by atoms with Crippen LogP contribution in [-0.4, -0.2) is 98.5 Å². The number of aromatic nitrogens is 9. The van der Waals surface area contributed by atoms with Crippen LogP contribution >= 0.6 is 47.8 Å². The second kappa shape index (κ2) is 38.5. The van der Waals surface area contributed by atoms with Crippen molar-refractivity contribution in [3.8, 4) is 5.75 Å². The lowest BCUT2D eigenvalue weighted by Gasteiger charge is -2.36. The van der Waals surface area contributed by atoms with E-state index in [4.69, 9.17) is 21.9 Å². The smallest absolute Gasteiger partial charge is 0.349 e. The first-order valence-corrected chi connectivity index (χ1v) is 40.1. The third-order valence-corrected chi connectivity index (χ3v) is 22.7. The van der Waals surface area contributed by atoms with Gasteiger partial charge in [0.15, 0.2) is 0 Å². The maximum absolute atomic E-state index is 14.0. The van der Waals surface area contributed by atoms with Gasteiger partial charge in [-0.2, -0.15) is 28.8 Å². The number of nitrogens with zero attached hydrogens (tertiary/aromatic N) is 10. The second-order valence-electron chi connectivity index (χ2n) is 29.1. The van der Waals surface area contributed by atoms with Crippen LogP contribution in [0.2, 0.25) is 0 Å². The molecule has 0 fully saturated rings. The van der Waals surface area contributed by atoms with Gasteiger partial charge in [0, 0.05) is 40.3 Å². The number of halogens is 4. The lowest BCUT2D eigenvalue weighted by Crippen LogP contribution is -2.42. The summed E-state index contributed by atoms with van der Waals surface area (Å²) in [5.74, 6) is -0.339. The van der Waals surface area contributed by atoms with E-state index in [-0.39, 0.29) is 58.6 Å². The minimum atomic E-state index is -0.497. The number of fused-ring (bicyclic) bond motifs is 3. The molecule has 112 heavy (non-hydrogen) atoms. The summed E-state index contributed by atoms with van der Waals surface area (Å²) >= 11 is 10.8. The fourth-order valence-corrected chi connectivity index (χ4v) is 15.1. The van der Waals surface area contributed by atoms with E-state index in [1.165, 1.54) is 31.7 Å². The first-order valence-electron chi connectivity index (χ1n) is 37.7. The number of methoxy groups -OCH3 is 1. The second-order valence-corrected chi connectivity index (χ2v) is 31.4. The van der Waals surface area contributed by atoms with Crippen molar-refractivity contribution in [2.75, 3.05) is 33.3 Å². The van der Waals surface area contributed by atoms with Gasteiger partial charge in [-0.3, -0.25) is 28.1 Å². The molecule has 0 saturated carbocycles. The van der Waals surface area contributed by atoms with E-state index < -0.39 is 17.9 Å². The van der Waals surface area contributed by atoms with Gasteiger partial charge >= 0.3 is 17.1 Å². The van der Waals surface area contributed by atoms with Crippen molar-refractivity contribution >= 4 is 82.1 Å². The average molecular weight is 1710 g/mol. The molecule has 12 rings (SSSR count). The number of nitrogens with one attached hydrogen (secondary N) is 2. The Labute approximate surface area is 677 Å². The number of ether oxygens (including phenoxy) is 1. The number of nitrogens with two attached hydrogens (primary N) is 3. The molecular weight excluding hydrogens is 1610 g/mol. The highest BCUT2D eigenvalue weighted by Crippen LogP contribution is 2.35. The zero-order chi connectivity index (χ0) is 80.8. The van der Waals surface area contributed by atoms with Gasteiger partial charge in [0.1, 0.15) is 11.6 Å². The lowest BCUT2D eigenvalue weighted by atomic mass is 9.96. The largest absolute Gasteiger partial charge is 0.497 e. The molecule has 6 aromatic heterocycles. The molecule has 3 atom stereocenters. The zero-order valence-electron chi connectivity index (χ0n) is 65.2. The zero-order valence-corrected chi connectivity index (χ0v) is 69.9. The van der Waals surface area contributed by atoms with Crippen LogP contribution in [0.3, 0.4) is 0 Å². The van der Waals surface area contributed by atoms with Crippen molar-refractivity contribution in [2.24, 2.45) is 35.0 Å². The molecule has 26 heteroatoms. The molecule has 12 aromatic rings. The highest BCUT2D eigenvalue weighted by molar-refractivity contribution is 9.11. The highest BCUT2D eigenvalue weighted by Gasteiger charge is 2.34. The Kier molecular flexibility index (Phi) is 29.1. The van der Waals surface area contributed by atoms with Gasteiger partial charge in [0.05, 0.1) is 91.9 Å². The maximum Gasteiger partial charge on any atom is 0.349 e. The van der Waals surface area contributed by atoms with Gasteiger partial charge in [-0.25, -0.2) is 18.8 Å². The monoisotopic (exact) mass is 1710 g/mol. The van der Waals surface area contributed by atoms with Crippen molar-refractivity contribution in [3.63, 3.8) is 0 Å². The number of hydrogen-bond donors (Lipinski definition) is 5. The van der Waals surface area contributed by atoms with Crippen molar-refractivity contribution in [3.05, 3.63) is 305 Å². The molecule has 0 bridgehead atoms. The van der Waals surface area contributed by atoms with Gasteiger partial charge in [0.25, 0.3) is 17.7 Å².